The lowest BCUT2D eigenvalue weighted by atomic mass is 9.80. The number of nitrogens with zero attached hydrogens (tertiary/aromatic N) is 2. The van der Waals surface area contributed by atoms with E-state index < -0.39 is 0 Å². The van der Waals surface area contributed by atoms with Gasteiger partial charge in [-0.25, -0.2) is 0 Å². The summed E-state index contributed by atoms with van der Waals surface area (Å²) in [6, 6.07) is 0.521. The van der Waals surface area contributed by atoms with Crippen LogP contribution in [-0.2, 0) is 13.5 Å². The largest absolute Gasteiger partial charge is 0.317 e. The van der Waals surface area contributed by atoms with Gasteiger partial charge in [-0.15, -0.1) is 0 Å². The van der Waals surface area contributed by atoms with Gasteiger partial charge >= 0.3 is 0 Å². The van der Waals surface area contributed by atoms with Crippen molar-refractivity contribution in [3.05, 3.63) is 16.4 Å². The second-order valence-corrected chi connectivity index (χ2v) is 5.57. The lowest BCUT2D eigenvalue weighted by Gasteiger charge is -2.29. The highest BCUT2D eigenvalue weighted by molar-refractivity contribution is 6.31. The predicted octanol–water partition coefficient (Wildman–Crippen LogP) is 2.70. The van der Waals surface area contributed by atoms with E-state index in [0.29, 0.717) is 6.04 Å². The number of hydrogen-bond acceptors (Lipinski definition) is 2. The Morgan fingerprint density at radius 3 is 2.65 bits per heavy atom. The Morgan fingerprint density at radius 1 is 1.53 bits per heavy atom. The quantitative estimate of drug-likeness (QED) is 0.877. The highest BCUT2D eigenvalue weighted by Crippen LogP contribution is 2.31. The van der Waals surface area contributed by atoms with Gasteiger partial charge in [0.25, 0.3) is 0 Å². The standard InChI is InChI=1S/C13H22ClN3/c1-9-13(14)12(17(3)16-9)8-11(15-2)7-10-5-4-6-10/h10-11,15H,4-8H2,1-3H3. The number of hydrogen-bond donors (Lipinski definition) is 1. The first-order chi connectivity index (χ1) is 8.11. The first-order valence-electron chi connectivity index (χ1n) is 6.47. The van der Waals surface area contributed by atoms with Crippen LogP contribution in [0.3, 0.4) is 0 Å². The molecule has 96 valence electrons. The number of aryl methyl sites for hydroxylation is 2. The maximum atomic E-state index is 6.29. The van der Waals surface area contributed by atoms with Gasteiger partial charge in [0.15, 0.2) is 0 Å². The number of likely N-dealkylation sites (N-methyl/N-ethyl adjacent to an activating group) is 1. The van der Waals surface area contributed by atoms with Crippen LogP contribution in [0.5, 0.6) is 0 Å². The second kappa shape index (κ2) is 5.40. The summed E-state index contributed by atoms with van der Waals surface area (Å²) in [6.07, 6.45) is 6.44. The molecule has 1 heterocycles. The van der Waals surface area contributed by atoms with E-state index in [2.05, 4.69) is 10.4 Å². The lowest BCUT2D eigenvalue weighted by molar-refractivity contribution is 0.262. The van der Waals surface area contributed by atoms with Crippen molar-refractivity contribution in [2.45, 2.75) is 45.1 Å². The summed E-state index contributed by atoms with van der Waals surface area (Å²) in [5.41, 5.74) is 2.09. The fourth-order valence-electron chi connectivity index (χ4n) is 2.57. The Bertz CT molecular complexity index is 382. The van der Waals surface area contributed by atoms with E-state index in [-0.39, 0.29) is 0 Å². The molecule has 0 aliphatic heterocycles. The van der Waals surface area contributed by atoms with E-state index in [4.69, 9.17) is 11.6 Å². The third kappa shape index (κ3) is 2.83. The van der Waals surface area contributed by atoms with E-state index in [1.807, 2.05) is 25.7 Å². The number of rotatable bonds is 5. The maximum absolute atomic E-state index is 6.29. The van der Waals surface area contributed by atoms with E-state index in [0.717, 1.165) is 28.7 Å². The van der Waals surface area contributed by atoms with Gasteiger partial charge in [0, 0.05) is 19.5 Å². The van der Waals surface area contributed by atoms with Crippen LogP contribution in [0.2, 0.25) is 5.02 Å². The highest BCUT2D eigenvalue weighted by Gasteiger charge is 2.23. The Labute approximate surface area is 109 Å². The molecule has 3 nitrogen and oxygen atoms in total. The molecule has 0 aromatic carbocycles. The van der Waals surface area contributed by atoms with Crippen LogP contribution in [0.25, 0.3) is 0 Å². The van der Waals surface area contributed by atoms with Crippen LogP contribution in [0.4, 0.5) is 0 Å². The molecule has 0 radical (unpaired) electrons. The van der Waals surface area contributed by atoms with Crippen molar-refractivity contribution in [1.82, 2.24) is 15.1 Å². The average molecular weight is 256 g/mol. The van der Waals surface area contributed by atoms with Crippen molar-refractivity contribution in [2.75, 3.05) is 7.05 Å². The molecule has 0 spiro atoms. The van der Waals surface area contributed by atoms with Crippen LogP contribution < -0.4 is 5.32 Å². The van der Waals surface area contributed by atoms with Crippen LogP contribution in [-0.4, -0.2) is 22.9 Å². The highest BCUT2D eigenvalue weighted by atomic mass is 35.5. The zero-order valence-electron chi connectivity index (χ0n) is 11.0. The summed E-state index contributed by atoms with van der Waals surface area (Å²) in [6.45, 7) is 1.96. The molecule has 2 rings (SSSR count). The molecule has 1 aliphatic carbocycles. The summed E-state index contributed by atoms with van der Waals surface area (Å²) in [7, 11) is 4.02. The fraction of sp³-hybridized carbons (Fsp3) is 0.769. The van der Waals surface area contributed by atoms with Gasteiger partial charge in [-0.3, -0.25) is 4.68 Å². The maximum Gasteiger partial charge on any atom is 0.0847 e. The fourth-order valence-corrected chi connectivity index (χ4v) is 2.81. The van der Waals surface area contributed by atoms with Crippen molar-refractivity contribution in [3.8, 4) is 0 Å². The minimum Gasteiger partial charge on any atom is -0.317 e. The van der Waals surface area contributed by atoms with Crippen molar-refractivity contribution >= 4 is 11.6 Å². The molecule has 1 aromatic rings. The monoisotopic (exact) mass is 255 g/mol. The van der Waals surface area contributed by atoms with Crippen molar-refractivity contribution in [2.24, 2.45) is 13.0 Å². The number of aromatic nitrogens is 2. The Balaban J connectivity index is 2.01. The molecule has 0 saturated heterocycles. The second-order valence-electron chi connectivity index (χ2n) is 5.19. The van der Waals surface area contributed by atoms with Gasteiger partial charge in [-0.1, -0.05) is 30.9 Å². The minimum atomic E-state index is 0.521. The zero-order valence-corrected chi connectivity index (χ0v) is 11.7. The van der Waals surface area contributed by atoms with Crippen molar-refractivity contribution < 1.29 is 0 Å². The number of nitrogens with one attached hydrogen (secondary N) is 1. The van der Waals surface area contributed by atoms with Crippen LogP contribution in [0.15, 0.2) is 0 Å². The van der Waals surface area contributed by atoms with Crippen LogP contribution in [0.1, 0.15) is 37.1 Å². The Hall–Kier alpha value is -0.540. The molecule has 1 atom stereocenters. The van der Waals surface area contributed by atoms with Gasteiger partial charge in [0.2, 0.25) is 0 Å². The minimum absolute atomic E-state index is 0.521. The zero-order chi connectivity index (χ0) is 12.4. The SMILES string of the molecule is CNC(Cc1c(Cl)c(C)nn1C)CC1CCC1. The first kappa shape index (κ1) is 12.9. The topological polar surface area (TPSA) is 29.9 Å². The third-order valence-corrected chi connectivity index (χ3v) is 4.44. The molecule has 0 bridgehead atoms. The molecular formula is C13H22ClN3. The first-order valence-corrected chi connectivity index (χ1v) is 6.84. The Kier molecular flexibility index (Phi) is 4.10. The van der Waals surface area contributed by atoms with E-state index in [1.54, 1.807) is 0 Å². The van der Waals surface area contributed by atoms with Crippen molar-refractivity contribution in [1.29, 1.82) is 0 Å². The van der Waals surface area contributed by atoms with E-state index >= 15 is 0 Å². The summed E-state index contributed by atoms with van der Waals surface area (Å²) in [5.74, 6) is 0.917. The molecule has 1 saturated carbocycles. The molecule has 0 amide bonds. The molecule has 1 aliphatic rings. The molecule has 1 unspecified atom stereocenters. The summed E-state index contributed by atoms with van der Waals surface area (Å²) in [5, 5.41) is 8.62. The van der Waals surface area contributed by atoms with E-state index in [1.165, 1.54) is 25.7 Å². The van der Waals surface area contributed by atoms with Gasteiger partial charge in [-0.05, 0) is 26.3 Å². The molecule has 1 fully saturated rings. The van der Waals surface area contributed by atoms with Crippen molar-refractivity contribution in [3.63, 3.8) is 0 Å². The molecular weight excluding hydrogens is 234 g/mol. The van der Waals surface area contributed by atoms with Gasteiger partial charge in [-0.2, -0.15) is 5.10 Å². The third-order valence-electron chi connectivity index (χ3n) is 3.95. The summed E-state index contributed by atoms with van der Waals surface area (Å²) < 4.78 is 1.92. The Morgan fingerprint density at radius 2 is 2.24 bits per heavy atom. The summed E-state index contributed by atoms with van der Waals surface area (Å²) in [4.78, 5) is 0. The van der Waals surface area contributed by atoms with Gasteiger partial charge in [0.05, 0.1) is 16.4 Å². The average Bonchev–Trinajstić information content (AvgIpc) is 2.47. The van der Waals surface area contributed by atoms with E-state index in [9.17, 15) is 0 Å². The van der Waals surface area contributed by atoms with Gasteiger partial charge in [0.1, 0.15) is 0 Å². The van der Waals surface area contributed by atoms with Gasteiger partial charge < -0.3 is 5.32 Å². The lowest BCUT2D eigenvalue weighted by Crippen LogP contribution is -2.32. The normalized spacial score (nSPS) is 18.1. The number of halogens is 1. The molecule has 1 N–H and O–H groups in total. The summed E-state index contributed by atoms with van der Waals surface area (Å²) >= 11 is 6.29. The van der Waals surface area contributed by atoms with Crippen LogP contribution >= 0.6 is 11.6 Å². The molecule has 4 heteroatoms. The van der Waals surface area contributed by atoms with Crippen LogP contribution in [0, 0.1) is 12.8 Å². The molecule has 17 heavy (non-hydrogen) atoms. The smallest absolute Gasteiger partial charge is 0.0847 e. The molecule has 1 aromatic heterocycles. The predicted molar refractivity (Wildman–Crippen MR) is 71.5 cm³/mol.